The van der Waals surface area contributed by atoms with Crippen LogP contribution in [0.25, 0.3) is 11.2 Å². The van der Waals surface area contributed by atoms with Crippen LogP contribution in [0.4, 0.5) is 5.82 Å². The zero-order chi connectivity index (χ0) is 22.3. The molecule has 3 aromatic rings. The van der Waals surface area contributed by atoms with Crippen molar-refractivity contribution in [3.8, 4) is 11.8 Å². The summed E-state index contributed by atoms with van der Waals surface area (Å²) in [6, 6.07) is 2.60. The van der Waals surface area contributed by atoms with E-state index in [0.29, 0.717) is 22.7 Å². The van der Waals surface area contributed by atoms with E-state index in [0.717, 1.165) is 0 Å². The summed E-state index contributed by atoms with van der Waals surface area (Å²) in [6.07, 6.45) is -0.721. The van der Waals surface area contributed by atoms with Crippen LogP contribution in [0, 0.1) is 17.3 Å². The second-order valence-electron chi connectivity index (χ2n) is 7.53. The van der Waals surface area contributed by atoms with Crippen LogP contribution in [0.2, 0.25) is 5.22 Å². The number of carbonyl (C=O) groups excluding carboxylic acids is 1. The highest BCUT2D eigenvalue weighted by Crippen LogP contribution is 2.45. The van der Waals surface area contributed by atoms with Crippen LogP contribution >= 0.6 is 11.6 Å². The number of halogens is 1. The fourth-order valence-electron chi connectivity index (χ4n) is 3.93. The lowest BCUT2D eigenvalue weighted by atomic mass is 9.85. The van der Waals surface area contributed by atoms with Gasteiger partial charge in [0.05, 0.1) is 23.9 Å². The van der Waals surface area contributed by atoms with Gasteiger partial charge in [0.1, 0.15) is 6.10 Å². The Kier molecular flexibility index (Phi) is 5.35. The number of hydrogen-bond acceptors (Lipinski definition) is 8. The Labute approximate surface area is 182 Å². The normalized spacial score (nSPS) is 25.3. The average Bonchev–Trinajstić information content (AvgIpc) is 3.44. The zero-order valence-electron chi connectivity index (χ0n) is 17.0. The molecular formula is C20H21ClN6O4. The van der Waals surface area contributed by atoms with Crippen LogP contribution < -0.4 is 10.6 Å². The first-order valence-electron chi connectivity index (χ1n) is 9.56. The molecular weight excluding hydrogens is 424 g/mol. The van der Waals surface area contributed by atoms with E-state index in [1.54, 1.807) is 30.7 Å². The van der Waals surface area contributed by atoms with Crippen molar-refractivity contribution in [3.63, 3.8) is 0 Å². The van der Waals surface area contributed by atoms with Crippen LogP contribution in [0.5, 0.6) is 0 Å². The third-order valence-corrected chi connectivity index (χ3v) is 5.84. The summed E-state index contributed by atoms with van der Waals surface area (Å²) in [6.45, 7) is 1.62. The number of rotatable bonds is 3. The molecule has 0 radical (unpaired) electrons. The third-order valence-electron chi connectivity index (χ3n) is 5.64. The Bertz CT molecular complexity index is 1210. The van der Waals surface area contributed by atoms with Gasteiger partial charge in [-0.2, -0.15) is 0 Å². The number of nitrogens with one attached hydrogen (secondary N) is 2. The summed E-state index contributed by atoms with van der Waals surface area (Å²) in [4.78, 5) is 25.6. The molecule has 0 aliphatic heterocycles. The van der Waals surface area contributed by atoms with E-state index >= 15 is 0 Å². The second kappa shape index (κ2) is 7.85. The molecule has 4 atom stereocenters. The molecule has 1 fully saturated rings. The van der Waals surface area contributed by atoms with Gasteiger partial charge in [-0.1, -0.05) is 0 Å². The molecule has 3 aromatic heterocycles. The number of fused-ring (bicyclic) bond motifs is 1. The SMILES string of the molecule is CNC(=O)C1(C)C[C@@H](n2cnc3c(NC)nc(C#Cc4ccc(Cl)o4)nc32)[C@H](O)[C@@H]1O. The number of furan rings is 1. The summed E-state index contributed by atoms with van der Waals surface area (Å²) in [5, 5.41) is 27.1. The van der Waals surface area contributed by atoms with Gasteiger partial charge >= 0.3 is 0 Å². The van der Waals surface area contributed by atoms with E-state index in [9.17, 15) is 15.0 Å². The third kappa shape index (κ3) is 3.50. The minimum atomic E-state index is -1.25. The predicted molar refractivity (Wildman–Crippen MR) is 112 cm³/mol. The van der Waals surface area contributed by atoms with Crippen molar-refractivity contribution in [2.45, 2.75) is 31.6 Å². The van der Waals surface area contributed by atoms with Gasteiger partial charge in [-0.15, -0.1) is 0 Å². The maximum absolute atomic E-state index is 12.4. The van der Waals surface area contributed by atoms with E-state index in [1.807, 2.05) is 0 Å². The first-order valence-corrected chi connectivity index (χ1v) is 9.94. The lowest BCUT2D eigenvalue weighted by Gasteiger charge is -2.26. The minimum Gasteiger partial charge on any atom is -0.436 e. The van der Waals surface area contributed by atoms with Gasteiger partial charge in [0.15, 0.2) is 28.0 Å². The van der Waals surface area contributed by atoms with Crippen molar-refractivity contribution >= 4 is 34.5 Å². The Morgan fingerprint density at radius 2 is 2.10 bits per heavy atom. The maximum atomic E-state index is 12.4. The fourth-order valence-corrected chi connectivity index (χ4v) is 4.07. The number of amides is 1. The molecule has 0 spiro atoms. The van der Waals surface area contributed by atoms with Crippen LogP contribution in [-0.2, 0) is 4.79 Å². The molecule has 1 aliphatic carbocycles. The number of imidazole rings is 1. The summed E-state index contributed by atoms with van der Waals surface area (Å²) in [5.74, 6) is 6.31. The second-order valence-corrected chi connectivity index (χ2v) is 7.90. The smallest absolute Gasteiger partial charge is 0.228 e. The van der Waals surface area contributed by atoms with Crippen LogP contribution in [0.3, 0.4) is 0 Å². The first-order chi connectivity index (χ1) is 14.8. The Morgan fingerprint density at radius 1 is 1.32 bits per heavy atom. The molecule has 3 heterocycles. The Hall–Kier alpha value is -3.13. The molecule has 10 nitrogen and oxygen atoms in total. The summed E-state index contributed by atoms with van der Waals surface area (Å²) >= 11 is 5.77. The van der Waals surface area contributed by atoms with E-state index < -0.39 is 23.7 Å². The minimum absolute atomic E-state index is 0.200. The molecule has 1 aliphatic rings. The van der Waals surface area contributed by atoms with Gasteiger partial charge in [-0.05, 0) is 48.9 Å². The molecule has 162 valence electrons. The highest BCUT2D eigenvalue weighted by Gasteiger charge is 2.54. The number of aliphatic hydroxyl groups excluding tert-OH is 2. The van der Waals surface area contributed by atoms with Crippen molar-refractivity contribution < 1.29 is 19.4 Å². The molecule has 11 heteroatoms. The van der Waals surface area contributed by atoms with Gasteiger partial charge in [-0.3, -0.25) is 4.79 Å². The van der Waals surface area contributed by atoms with E-state index in [4.69, 9.17) is 16.0 Å². The Morgan fingerprint density at radius 3 is 2.74 bits per heavy atom. The topological polar surface area (TPSA) is 138 Å². The molecule has 1 saturated carbocycles. The van der Waals surface area contributed by atoms with E-state index in [1.165, 1.54) is 13.4 Å². The lowest BCUT2D eigenvalue weighted by Crippen LogP contribution is -2.45. The largest absolute Gasteiger partial charge is 0.436 e. The number of aromatic nitrogens is 4. The summed E-state index contributed by atoms with van der Waals surface area (Å²) in [7, 11) is 3.19. The number of hydrogen-bond donors (Lipinski definition) is 4. The van der Waals surface area contributed by atoms with Gasteiger partial charge in [0, 0.05) is 14.1 Å². The summed E-state index contributed by atoms with van der Waals surface area (Å²) < 4.78 is 6.87. The van der Waals surface area contributed by atoms with Crippen molar-refractivity contribution in [2.24, 2.45) is 5.41 Å². The van der Waals surface area contributed by atoms with Crippen LogP contribution in [-0.4, -0.2) is 61.9 Å². The van der Waals surface area contributed by atoms with Crippen molar-refractivity contribution in [2.75, 3.05) is 19.4 Å². The summed E-state index contributed by atoms with van der Waals surface area (Å²) in [5.41, 5.74) is -0.266. The number of aliphatic hydroxyl groups is 2. The highest BCUT2D eigenvalue weighted by atomic mass is 35.5. The average molecular weight is 445 g/mol. The Balaban J connectivity index is 1.78. The molecule has 0 aromatic carbocycles. The number of carbonyl (C=O) groups is 1. The molecule has 4 N–H and O–H groups in total. The zero-order valence-corrected chi connectivity index (χ0v) is 17.8. The molecule has 1 amide bonds. The maximum Gasteiger partial charge on any atom is 0.228 e. The fraction of sp³-hybridized carbons (Fsp3) is 0.400. The quantitative estimate of drug-likeness (QED) is 0.438. The van der Waals surface area contributed by atoms with Gasteiger partial charge in [0.25, 0.3) is 0 Å². The van der Waals surface area contributed by atoms with Gasteiger partial charge in [-0.25, -0.2) is 15.0 Å². The van der Waals surface area contributed by atoms with Crippen molar-refractivity contribution in [3.05, 3.63) is 35.3 Å². The van der Waals surface area contributed by atoms with E-state index in [-0.39, 0.29) is 23.4 Å². The number of anilines is 1. The molecule has 1 unspecified atom stereocenters. The van der Waals surface area contributed by atoms with Crippen molar-refractivity contribution in [1.82, 2.24) is 24.8 Å². The van der Waals surface area contributed by atoms with Crippen LogP contribution in [0.15, 0.2) is 22.9 Å². The highest BCUT2D eigenvalue weighted by molar-refractivity contribution is 6.28. The van der Waals surface area contributed by atoms with E-state index in [2.05, 4.69) is 37.4 Å². The monoisotopic (exact) mass is 444 g/mol. The molecule has 0 saturated heterocycles. The lowest BCUT2D eigenvalue weighted by molar-refractivity contribution is -0.136. The van der Waals surface area contributed by atoms with Gasteiger partial charge < -0.3 is 29.8 Å². The van der Waals surface area contributed by atoms with Crippen LogP contribution in [0.1, 0.15) is 31.0 Å². The molecule has 4 rings (SSSR count). The van der Waals surface area contributed by atoms with Crippen molar-refractivity contribution in [1.29, 1.82) is 0 Å². The standard InChI is InChI=1S/C20H21ClN6O4/c1-20(19(30)23-3)8-11(15(28)16(20)29)27-9-24-14-17(22-2)25-13(26-18(14)27)7-5-10-4-6-12(21)31-10/h4,6,9,11,15-16,28-29H,8H2,1-3H3,(H,23,30)(H,22,25,26)/t11-,15+,16+,20?/m1/s1. The predicted octanol–water partition coefficient (Wildman–Crippen LogP) is 0.933. The molecule has 0 bridgehead atoms. The van der Waals surface area contributed by atoms with Gasteiger partial charge in [0.2, 0.25) is 11.7 Å². The molecule has 31 heavy (non-hydrogen) atoms. The number of nitrogens with zero attached hydrogens (tertiary/aromatic N) is 4. The first kappa shape index (κ1) is 21.1.